The van der Waals surface area contributed by atoms with Crippen LogP contribution in [0.3, 0.4) is 0 Å². The number of ether oxygens (including phenoxy) is 2. The lowest BCUT2D eigenvalue weighted by atomic mass is 9.75. The summed E-state index contributed by atoms with van der Waals surface area (Å²) in [6, 6.07) is 4.94. The van der Waals surface area contributed by atoms with Gasteiger partial charge in [0.25, 0.3) is 0 Å². The number of aromatic nitrogens is 2. The van der Waals surface area contributed by atoms with E-state index in [0.717, 1.165) is 47.7 Å². The zero-order chi connectivity index (χ0) is 27.1. The molecule has 4 fully saturated rings. The molecule has 2 bridgehead atoms. The van der Waals surface area contributed by atoms with E-state index in [4.69, 9.17) is 21.1 Å². The van der Waals surface area contributed by atoms with Crippen LogP contribution in [0.15, 0.2) is 30.6 Å². The number of carbonyl (C=O) groups is 2. The number of benzene rings is 1. The number of amides is 2. The lowest BCUT2D eigenvalue weighted by Crippen LogP contribution is -2.60. The van der Waals surface area contributed by atoms with E-state index in [9.17, 15) is 9.59 Å². The summed E-state index contributed by atoms with van der Waals surface area (Å²) in [4.78, 5) is 38.8. The van der Waals surface area contributed by atoms with Gasteiger partial charge in [-0.25, -0.2) is 0 Å². The first kappa shape index (κ1) is 25.3. The molecule has 1 aromatic carbocycles. The topological polar surface area (TPSA) is 99.8 Å². The average molecular weight is 552 g/mol. The van der Waals surface area contributed by atoms with Gasteiger partial charge in [0, 0.05) is 53.5 Å². The fourth-order valence-electron chi connectivity index (χ4n) is 7.39. The summed E-state index contributed by atoms with van der Waals surface area (Å²) in [5.41, 5.74) is 1.67. The van der Waals surface area contributed by atoms with E-state index >= 15 is 0 Å². The summed E-state index contributed by atoms with van der Waals surface area (Å²) in [5.74, 6) is 0.661. The van der Waals surface area contributed by atoms with Gasteiger partial charge in [-0.2, -0.15) is 0 Å². The maximum absolute atomic E-state index is 13.7. The molecule has 2 aromatic heterocycles. The number of nitrogens with zero attached hydrogens (tertiary/aromatic N) is 3. The highest BCUT2D eigenvalue weighted by molar-refractivity contribution is 6.33. The van der Waals surface area contributed by atoms with Crippen LogP contribution in [-0.4, -0.2) is 87.7 Å². The summed E-state index contributed by atoms with van der Waals surface area (Å²) in [6.07, 6.45) is 5.92. The smallest absolute Gasteiger partial charge is 0.244 e. The van der Waals surface area contributed by atoms with Crippen LogP contribution in [0.5, 0.6) is 0 Å². The largest absolute Gasteiger partial charge is 0.372 e. The van der Waals surface area contributed by atoms with Gasteiger partial charge in [-0.1, -0.05) is 11.6 Å². The number of anilines is 1. The molecule has 4 aliphatic rings. The molecule has 7 rings (SSSR count). The molecule has 5 atom stereocenters. The normalized spacial score (nSPS) is 31.7. The Kier molecular flexibility index (Phi) is 5.76. The Hall–Kier alpha value is -2.72. The summed E-state index contributed by atoms with van der Waals surface area (Å²) in [6.45, 7) is 8.51. The van der Waals surface area contributed by atoms with E-state index in [-0.39, 0.29) is 36.7 Å². The first-order chi connectivity index (χ1) is 18.6. The number of H-pyrrole nitrogens is 1. The highest BCUT2D eigenvalue weighted by Gasteiger charge is 2.60. The zero-order valence-corrected chi connectivity index (χ0v) is 23.3. The zero-order valence-electron chi connectivity index (χ0n) is 22.5. The number of nitrogens with one attached hydrogen (secondary N) is 2. The van der Waals surface area contributed by atoms with Crippen molar-refractivity contribution in [1.29, 1.82) is 0 Å². The molecular weight excluding hydrogens is 518 g/mol. The first-order valence-electron chi connectivity index (χ1n) is 13.8. The van der Waals surface area contributed by atoms with Gasteiger partial charge in [-0.05, 0) is 51.8 Å². The monoisotopic (exact) mass is 551 g/mol. The van der Waals surface area contributed by atoms with E-state index in [0.29, 0.717) is 29.1 Å². The number of halogens is 1. The van der Waals surface area contributed by atoms with Crippen LogP contribution in [0, 0.1) is 11.8 Å². The van der Waals surface area contributed by atoms with Crippen molar-refractivity contribution in [2.24, 2.45) is 11.8 Å². The number of morpholine rings is 1. The van der Waals surface area contributed by atoms with Crippen molar-refractivity contribution >= 4 is 50.9 Å². The van der Waals surface area contributed by atoms with Crippen molar-refractivity contribution in [3.05, 3.63) is 35.6 Å². The predicted octanol–water partition coefficient (Wildman–Crippen LogP) is 3.81. The quantitative estimate of drug-likeness (QED) is 0.511. The third-order valence-corrected chi connectivity index (χ3v) is 9.57. The minimum atomic E-state index is -0.610. The number of rotatable bonds is 4. The van der Waals surface area contributed by atoms with Gasteiger partial charge in [-0.3, -0.25) is 19.5 Å². The van der Waals surface area contributed by atoms with Crippen LogP contribution in [0.25, 0.3) is 21.8 Å². The molecule has 10 heteroatoms. The summed E-state index contributed by atoms with van der Waals surface area (Å²) < 4.78 is 12.3. The number of fused-ring (bicyclic) bond motifs is 8. The molecule has 9 nitrogen and oxygen atoms in total. The molecule has 4 unspecified atom stereocenters. The molecule has 2 N–H and O–H groups in total. The summed E-state index contributed by atoms with van der Waals surface area (Å²) in [7, 11) is 0. The van der Waals surface area contributed by atoms with Crippen LogP contribution in [0.4, 0.5) is 5.69 Å². The number of aromatic amines is 1. The Labute approximate surface area is 232 Å². The van der Waals surface area contributed by atoms with E-state index in [1.165, 1.54) is 0 Å². The van der Waals surface area contributed by atoms with Gasteiger partial charge >= 0.3 is 0 Å². The van der Waals surface area contributed by atoms with Crippen LogP contribution in [-0.2, 0) is 19.1 Å². The number of carbonyl (C=O) groups excluding carboxylic acids is 2. The Morgan fingerprint density at radius 2 is 2.08 bits per heavy atom. The van der Waals surface area contributed by atoms with Gasteiger partial charge in [0.2, 0.25) is 11.8 Å². The average Bonchev–Trinajstić information content (AvgIpc) is 3.63. The fraction of sp³-hybridized carbons (Fsp3) is 0.552. The Morgan fingerprint density at radius 1 is 1.23 bits per heavy atom. The van der Waals surface area contributed by atoms with Crippen molar-refractivity contribution in [1.82, 2.24) is 19.8 Å². The second-order valence-corrected chi connectivity index (χ2v) is 12.9. The summed E-state index contributed by atoms with van der Waals surface area (Å²) in [5, 5.41) is 5.49. The third-order valence-electron chi connectivity index (χ3n) is 9.36. The van der Waals surface area contributed by atoms with Crippen molar-refractivity contribution in [2.45, 2.75) is 57.0 Å². The summed E-state index contributed by atoms with van der Waals surface area (Å²) >= 11 is 6.46. The molecule has 39 heavy (non-hydrogen) atoms. The number of pyridine rings is 1. The molecule has 0 saturated carbocycles. The molecule has 0 radical (unpaired) electrons. The highest BCUT2D eigenvalue weighted by atomic mass is 35.5. The van der Waals surface area contributed by atoms with Crippen LogP contribution < -0.4 is 5.32 Å². The third kappa shape index (κ3) is 4.22. The lowest BCUT2D eigenvalue weighted by Gasteiger charge is -2.43. The number of hydrogen-bond acceptors (Lipinski definition) is 6. The highest BCUT2D eigenvalue weighted by Crippen LogP contribution is 2.54. The van der Waals surface area contributed by atoms with Gasteiger partial charge < -0.3 is 24.7 Å². The molecule has 6 heterocycles. The van der Waals surface area contributed by atoms with Gasteiger partial charge in [-0.15, -0.1) is 0 Å². The van der Waals surface area contributed by atoms with E-state index in [2.05, 4.69) is 22.2 Å². The van der Waals surface area contributed by atoms with Crippen molar-refractivity contribution in [3.63, 3.8) is 0 Å². The maximum atomic E-state index is 13.7. The minimum absolute atomic E-state index is 0.0659. The van der Waals surface area contributed by atoms with Crippen molar-refractivity contribution in [2.75, 3.05) is 38.1 Å². The van der Waals surface area contributed by atoms with Gasteiger partial charge in [0.15, 0.2) is 0 Å². The van der Waals surface area contributed by atoms with E-state index in [1.807, 2.05) is 35.8 Å². The second-order valence-electron chi connectivity index (χ2n) is 12.5. The van der Waals surface area contributed by atoms with E-state index < -0.39 is 11.6 Å². The molecule has 0 spiro atoms. The molecule has 4 aliphatic heterocycles. The lowest BCUT2D eigenvalue weighted by molar-refractivity contribution is -0.150. The maximum Gasteiger partial charge on any atom is 0.244 e. The Balaban J connectivity index is 1.11. The molecular formula is C29H34ClN5O4. The molecule has 4 saturated heterocycles. The Bertz CT molecular complexity index is 1490. The van der Waals surface area contributed by atoms with Gasteiger partial charge in [0.1, 0.15) is 6.04 Å². The van der Waals surface area contributed by atoms with Crippen molar-refractivity contribution < 1.29 is 19.1 Å². The molecule has 0 aliphatic carbocycles. The second kappa shape index (κ2) is 8.89. The fourth-order valence-corrected chi connectivity index (χ4v) is 7.61. The van der Waals surface area contributed by atoms with Gasteiger partial charge in [0.05, 0.1) is 53.4 Å². The molecule has 2 amide bonds. The van der Waals surface area contributed by atoms with Crippen LogP contribution >= 0.6 is 11.6 Å². The Morgan fingerprint density at radius 3 is 2.90 bits per heavy atom. The van der Waals surface area contributed by atoms with Crippen molar-refractivity contribution in [3.8, 4) is 0 Å². The number of likely N-dealkylation sites (tertiary alicyclic amines) is 1. The SMILES string of the molecule is CC1(C)CN(CC(=O)N2CC3C4CCC(C)(O4)C3C2)[C@H](C(=O)Nc2cc(Cl)cc3c2[nH]c2cnccc23)CO1. The first-order valence-corrected chi connectivity index (χ1v) is 14.2. The minimum Gasteiger partial charge on any atom is -0.372 e. The molecule has 3 aromatic rings. The van der Waals surface area contributed by atoms with E-state index in [1.54, 1.807) is 18.5 Å². The standard InChI is InChI=1S/C29H34ClN5O4/c1-28(2)15-35(13-25(36)34-11-19-20(12-34)29(3)6-4-24(19)39-29)23(14-38-28)27(37)33-21-9-16(30)8-18-17-5-7-31-10-22(17)32-26(18)21/h5,7-10,19-20,23-24,32H,4,6,11-15H2,1-3H3,(H,33,37)/t19?,20?,23-,24?,29?/m0/s1. The van der Waals surface area contributed by atoms with Crippen LogP contribution in [0.2, 0.25) is 5.02 Å². The van der Waals surface area contributed by atoms with Crippen LogP contribution in [0.1, 0.15) is 33.6 Å². The predicted molar refractivity (Wildman–Crippen MR) is 149 cm³/mol. The number of hydrogen-bond donors (Lipinski definition) is 2. The molecule has 206 valence electrons.